The second-order valence-electron chi connectivity index (χ2n) is 8.68. The SMILES string of the molecule is CC(C)C1CCC(C(=O)N2CCc3[nH]nc(-c4cc(F)c(O)c(Cl)c4)c3C2)CC1. The summed E-state index contributed by atoms with van der Waals surface area (Å²) in [6, 6.07) is 2.73. The van der Waals surface area contributed by atoms with Crippen molar-refractivity contribution in [3.05, 3.63) is 34.2 Å². The molecule has 2 aliphatic rings. The van der Waals surface area contributed by atoms with Crippen LogP contribution in [0.4, 0.5) is 4.39 Å². The quantitative estimate of drug-likeness (QED) is 0.741. The van der Waals surface area contributed by atoms with Crippen molar-refractivity contribution in [3.8, 4) is 17.0 Å². The number of phenolic OH excluding ortho intramolecular Hbond substituents is 1. The van der Waals surface area contributed by atoms with Gasteiger partial charge in [0.15, 0.2) is 11.6 Å². The molecule has 5 nitrogen and oxygen atoms in total. The molecule has 29 heavy (non-hydrogen) atoms. The molecular weight excluding hydrogens is 393 g/mol. The van der Waals surface area contributed by atoms with Gasteiger partial charge in [-0.3, -0.25) is 9.89 Å². The molecule has 0 radical (unpaired) electrons. The largest absolute Gasteiger partial charge is 0.504 e. The number of hydrogen-bond donors (Lipinski definition) is 2. The number of aromatic hydroxyl groups is 1. The van der Waals surface area contributed by atoms with Crippen molar-refractivity contribution in [1.82, 2.24) is 15.1 Å². The van der Waals surface area contributed by atoms with Crippen molar-refractivity contribution < 1.29 is 14.3 Å². The number of nitrogens with zero attached hydrogens (tertiary/aromatic N) is 2. The molecule has 1 fully saturated rings. The van der Waals surface area contributed by atoms with E-state index in [0.29, 0.717) is 36.7 Å². The van der Waals surface area contributed by atoms with Crippen LogP contribution in [0.15, 0.2) is 12.1 Å². The Hall–Kier alpha value is -2.08. The maximum Gasteiger partial charge on any atom is 0.225 e. The molecule has 156 valence electrons. The lowest BCUT2D eigenvalue weighted by atomic mass is 9.76. The normalized spacial score (nSPS) is 22.0. The summed E-state index contributed by atoms with van der Waals surface area (Å²) in [7, 11) is 0. The van der Waals surface area contributed by atoms with Crippen LogP contribution >= 0.6 is 11.6 Å². The molecule has 2 heterocycles. The molecular formula is C22H27ClFN3O2. The number of rotatable bonds is 3. The van der Waals surface area contributed by atoms with Gasteiger partial charge in [-0.2, -0.15) is 5.10 Å². The van der Waals surface area contributed by atoms with Crippen molar-refractivity contribution in [2.45, 2.75) is 52.5 Å². The van der Waals surface area contributed by atoms with Crippen molar-refractivity contribution >= 4 is 17.5 Å². The lowest BCUT2D eigenvalue weighted by Gasteiger charge is -2.35. The number of fused-ring (bicyclic) bond motifs is 1. The lowest BCUT2D eigenvalue weighted by Crippen LogP contribution is -2.41. The number of amides is 1. The fraction of sp³-hybridized carbons (Fsp3) is 0.545. The van der Waals surface area contributed by atoms with Crippen LogP contribution in [0.1, 0.15) is 50.8 Å². The second-order valence-corrected chi connectivity index (χ2v) is 9.09. The third-order valence-electron chi connectivity index (χ3n) is 6.60. The highest BCUT2D eigenvalue weighted by Crippen LogP contribution is 2.37. The molecule has 2 N–H and O–H groups in total. The molecule has 4 rings (SSSR count). The number of aromatic amines is 1. The first-order valence-electron chi connectivity index (χ1n) is 10.4. The Balaban J connectivity index is 1.52. The van der Waals surface area contributed by atoms with Crippen molar-refractivity contribution in [2.24, 2.45) is 17.8 Å². The van der Waals surface area contributed by atoms with Gasteiger partial charge in [0.2, 0.25) is 5.91 Å². The number of aromatic nitrogens is 2. The molecule has 1 saturated carbocycles. The highest BCUT2D eigenvalue weighted by Gasteiger charge is 2.33. The van der Waals surface area contributed by atoms with Crippen LogP contribution in [0, 0.1) is 23.6 Å². The average Bonchev–Trinajstić information content (AvgIpc) is 3.14. The predicted molar refractivity (Wildman–Crippen MR) is 110 cm³/mol. The van der Waals surface area contributed by atoms with Gasteiger partial charge < -0.3 is 10.0 Å². The first kappa shape index (κ1) is 20.2. The number of H-pyrrole nitrogens is 1. The summed E-state index contributed by atoms with van der Waals surface area (Å²) < 4.78 is 14.0. The monoisotopic (exact) mass is 419 g/mol. The summed E-state index contributed by atoms with van der Waals surface area (Å²) in [5.74, 6) is 0.377. The fourth-order valence-electron chi connectivity index (χ4n) is 4.72. The maximum atomic E-state index is 14.0. The van der Waals surface area contributed by atoms with Crippen molar-refractivity contribution in [1.29, 1.82) is 0 Å². The van der Waals surface area contributed by atoms with Gasteiger partial charge in [0.25, 0.3) is 0 Å². The molecule has 1 aliphatic heterocycles. The predicted octanol–water partition coefficient (Wildman–Crippen LogP) is 4.92. The Bertz CT molecular complexity index is 896. The van der Waals surface area contributed by atoms with Gasteiger partial charge in [-0.05, 0) is 49.7 Å². The number of hydrogen-bond acceptors (Lipinski definition) is 3. The topological polar surface area (TPSA) is 69.2 Å². The van der Waals surface area contributed by atoms with Crippen LogP contribution in [0.25, 0.3) is 11.3 Å². The molecule has 0 spiro atoms. The van der Waals surface area contributed by atoms with Crippen LogP contribution < -0.4 is 0 Å². The average molecular weight is 420 g/mol. The summed E-state index contributed by atoms with van der Waals surface area (Å²) in [6.07, 6.45) is 4.86. The van der Waals surface area contributed by atoms with E-state index in [4.69, 9.17) is 11.6 Å². The third-order valence-corrected chi connectivity index (χ3v) is 6.89. The van der Waals surface area contributed by atoms with E-state index in [2.05, 4.69) is 24.0 Å². The summed E-state index contributed by atoms with van der Waals surface area (Å²) in [4.78, 5) is 15.1. The molecule has 0 bridgehead atoms. The van der Waals surface area contributed by atoms with E-state index in [9.17, 15) is 14.3 Å². The Labute approximate surface area is 175 Å². The summed E-state index contributed by atoms with van der Waals surface area (Å²) >= 11 is 5.94. The van der Waals surface area contributed by atoms with Gasteiger partial charge in [0, 0.05) is 42.2 Å². The van der Waals surface area contributed by atoms with E-state index in [-0.39, 0.29) is 16.8 Å². The first-order valence-corrected chi connectivity index (χ1v) is 10.8. The van der Waals surface area contributed by atoms with E-state index >= 15 is 0 Å². The molecule has 7 heteroatoms. The second kappa shape index (κ2) is 7.98. The van der Waals surface area contributed by atoms with Crippen LogP contribution in [-0.2, 0) is 17.8 Å². The Morgan fingerprint density at radius 2 is 2.03 bits per heavy atom. The van der Waals surface area contributed by atoms with E-state index < -0.39 is 11.6 Å². The van der Waals surface area contributed by atoms with Crippen LogP contribution in [-0.4, -0.2) is 32.7 Å². The fourth-order valence-corrected chi connectivity index (χ4v) is 4.92. The Kier molecular flexibility index (Phi) is 5.56. The number of carbonyl (C=O) groups excluding carboxylic acids is 1. The minimum Gasteiger partial charge on any atom is -0.504 e. The zero-order valence-corrected chi connectivity index (χ0v) is 17.6. The molecule has 1 amide bonds. The highest BCUT2D eigenvalue weighted by atomic mass is 35.5. The molecule has 1 aromatic heterocycles. The third kappa shape index (κ3) is 3.87. The van der Waals surface area contributed by atoms with Gasteiger partial charge in [-0.15, -0.1) is 0 Å². The van der Waals surface area contributed by atoms with Crippen molar-refractivity contribution in [2.75, 3.05) is 6.54 Å². The first-order chi connectivity index (χ1) is 13.8. The number of nitrogens with one attached hydrogen (secondary N) is 1. The number of carbonyl (C=O) groups is 1. The van der Waals surface area contributed by atoms with E-state index in [0.717, 1.165) is 42.9 Å². The Morgan fingerprint density at radius 3 is 2.69 bits per heavy atom. The van der Waals surface area contributed by atoms with E-state index in [1.54, 1.807) is 0 Å². The van der Waals surface area contributed by atoms with Gasteiger partial charge >= 0.3 is 0 Å². The van der Waals surface area contributed by atoms with Crippen LogP contribution in [0.2, 0.25) is 5.02 Å². The van der Waals surface area contributed by atoms with Crippen molar-refractivity contribution in [3.63, 3.8) is 0 Å². The van der Waals surface area contributed by atoms with Gasteiger partial charge in [0.05, 0.1) is 10.7 Å². The summed E-state index contributed by atoms with van der Waals surface area (Å²) in [6.45, 7) is 5.65. The molecule has 1 aliphatic carbocycles. The molecule has 2 aromatic rings. The number of halogens is 2. The minimum absolute atomic E-state index is 0.0533. The van der Waals surface area contributed by atoms with Gasteiger partial charge in [0.1, 0.15) is 0 Å². The van der Waals surface area contributed by atoms with Gasteiger partial charge in [-0.1, -0.05) is 25.4 Å². The molecule has 1 aromatic carbocycles. The maximum absolute atomic E-state index is 14.0. The summed E-state index contributed by atoms with van der Waals surface area (Å²) in [5.41, 5.74) is 2.95. The van der Waals surface area contributed by atoms with Crippen LogP contribution in [0.3, 0.4) is 0 Å². The number of phenols is 1. The summed E-state index contributed by atoms with van der Waals surface area (Å²) in [5, 5.41) is 16.9. The van der Waals surface area contributed by atoms with Gasteiger partial charge in [-0.25, -0.2) is 4.39 Å². The Morgan fingerprint density at radius 1 is 1.31 bits per heavy atom. The van der Waals surface area contributed by atoms with E-state index in [1.165, 1.54) is 12.1 Å². The highest BCUT2D eigenvalue weighted by molar-refractivity contribution is 6.32. The zero-order valence-electron chi connectivity index (χ0n) is 16.8. The zero-order chi connectivity index (χ0) is 20.7. The number of benzene rings is 1. The minimum atomic E-state index is -0.782. The standard InChI is InChI=1S/C22H27ClFN3O2/c1-12(2)13-3-5-14(6-4-13)22(29)27-8-7-19-16(11-27)20(26-25-19)15-9-17(23)21(28)18(24)10-15/h9-10,12-14,28H,3-8,11H2,1-2H3,(H,25,26). The van der Waals surface area contributed by atoms with E-state index in [1.807, 2.05) is 4.90 Å². The lowest BCUT2D eigenvalue weighted by molar-refractivity contribution is -0.138. The molecule has 0 saturated heterocycles. The molecule has 0 unspecified atom stereocenters. The van der Waals surface area contributed by atoms with Crippen LogP contribution in [0.5, 0.6) is 5.75 Å². The molecule has 0 atom stereocenters. The smallest absolute Gasteiger partial charge is 0.225 e.